The van der Waals surface area contributed by atoms with E-state index in [1.54, 1.807) is 6.07 Å². The zero-order valence-electron chi connectivity index (χ0n) is 10.0. The average Bonchev–Trinajstić information content (AvgIpc) is 2.27. The highest BCUT2D eigenvalue weighted by Gasteiger charge is 2.24. The number of rotatable bonds is 2. The van der Waals surface area contributed by atoms with Gasteiger partial charge in [-0.3, -0.25) is 4.79 Å². The zero-order valence-corrected chi connectivity index (χ0v) is 10.0. The summed E-state index contributed by atoms with van der Waals surface area (Å²) in [5.74, 6) is 1.89. The lowest BCUT2D eigenvalue weighted by molar-refractivity contribution is 0.401. The van der Waals surface area contributed by atoms with Gasteiger partial charge in [0.05, 0.1) is 5.69 Å². The van der Waals surface area contributed by atoms with E-state index in [0.717, 1.165) is 37.4 Å². The molecule has 2 heterocycles. The van der Waals surface area contributed by atoms with Crippen LogP contribution in [0, 0.1) is 0 Å². The Hall–Kier alpha value is -1.16. The maximum absolute atomic E-state index is 11.7. The lowest BCUT2D eigenvalue weighted by Gasteiger charge is -2.26. The molecule has 0 amide bonds. The highest BCUT2D eigenvalue weighted by atomic mass is 16.1. The maximum atomic E-state index is 11.7. The Morgan fingerprint density at radius 1 is 1.12 bits per heavy atom. The summed E-state index contributed by atoms with van der Waals surface area (Å²) in [6.07, 6.45) is 5.83. The van der Waals surface area contributed by atoms with E-state index in [-0.39, 0.29) is 5.56 Å². The number of H-pyrrole nitrogens is 1. The van der Waals surface area contributed by atoms with Crippen LogP contribution in [0.4, 0.5) is 0 Å². The second kappa shape index (κ2) is 4.61. The van der Waals surface area contributed by atoms with Crippen LogP contribution in [0.2, 0.25) is 0 Å². The molecule has 17 heavy (non-hydrogen) atoms. The molecule has 2 N–H and O–H groups in total. The number of nitrogens with zero attached hydrogens (tertiary/aromatic N) is 1. The fourth-order valence-corrected chi connectivity index (χ4v) is 2.70. The lowest BCUT2D eigenvalue weighted by atomic mass is 9.82. The van der Waals surface area contributed by atoms with Gasteiger partial charge in [-0.15, -0.1) is 0 Å². The number of aromatic amines is 1. The van der Waals surface area contributed by atoms with Gasteiger partial charge in [-0.2, -0.15) is 0 Å². The van der Waals surface area contributed by atoms with Crippen LogP contribution < -0.4 is 10.9 Å². The quantitative estimate of drug-likeness (QED) is 0.814. The highest BCUT2D eigenvalue weighted by Crippen LogP contribution is 2.35. The van der Waals surface area contributed by atoms with E-state index in [0.29, 0.717) is 11.8 Å². The molecule has 1 aromatic heterocycles. The van der Waals surface area contributed by atoms with Gasteiger partial charge in [-0.25, -0.2) is 4.98 Å². The number of aromatic nitrogens is 2. The van der Waals surface area contributed by atoms with Gasteiger partial charge in [0.1, 0.15) is 5.82 Å². The largest absolute Gasteiger partial charge is 0.317 e. The van der Waals surface area contributed by atoms with Crippen LogP contribution in [0.5, 0.6) is 0 Å². The molecule has 1 aliphatic carbocycles. The van der Waals surface area contributed by atoms with Crippen molar-refractivity contribution in [2.75, 3.05) is 13.1 Å². The summed E-state index contributed by atoms with van der Waals surface area (Å²) < 4.78 is 0. The van der Waals surface area contributed by atoms with E-state index in [2.05, 4.69) is 10.3 Å². The Balaban J connectivity index is 1.87. The molecule has 3 rings (SSSR count). The van der Waals surface area contributed by atoms with Crippen molar-refractivity contribution in [2.45, 2.75) is 43.9 Å². The first-order valence-corrected chi connectivity index (χ1v) is 6.65. The van der Waals surface area contributed by atoms with Crippen molar-refractivity contribution >= 4 is 0 Å². The predicted octanol–water partition coefficient (Wildman–Crippen LogP) is 1.50. The molecule has 1 saturated carbocycles. The van der Waals surface area contributed by atoms with Gasteiger partial charge >= 0.3 is 0 Å². The third kappa shape index (κ3) is 2.27. The number of piperidine rings is 1. The SMILES string of the molecule is O=c1cc(C2CCC2)nc(C2CCNCC2)[nH]1. The van der Waals surface area contributed by atoms with E-state index in [1.807, 2.05) is 0 Å². The van der Waals surface area contributed by atoms with Gasteiger partial charge < -0.3 is 10.3 Å². The van der Waals surface area contributed by atoms with E-state index in [1.165, 1.54) is 19.3 Å². The third-order valence-electron chi connectivity index (χ3n) is 4.03. The lowest BCUT2D eigenvalue weighted by Crippen LogP contribution is -2.29. The Kier molecular flexibility index (Phi) is 2.97. The summed E-state index contributed by atoms with van der Waals surface area (Å²) in [6.45, 7) is 2.06. The minimum atomic E-state index is 0.0235. The number of nitrogens with one attached hydrogen (secondary N) is 2. The molecular formula is C13H19N3O. The second-order valence-corrected chi connectivity index (χ2v) is 5.21. The second-order valence-electron chi connectivity index (χ2n) is 5.21. The molecule has 0 aromatic carbocycles. The molecule has 2 fully saturated rings. The smallest absolute Gasteiger partial charge is 0.251 e. The summed E-state index contributed by atoms with van der Waals surface area (Å²) in [6, 6.07) is 1.69. The minimum absolute atomic E-state index is 0.0235. The minimum Gasteiger partial charge on any atom is -0.317 e. The Morgan fingerprint density at radius 3 is 2.53 bits per heavy atom. The van der Waals surface area contributed by atoms with Crippen molar-refractivity contribution in [2.24, 2.45) is 0 Å². The summed E-state index contributed by atoms with van der Waals surface area (Å²) in [5.41, 5.74) is 1.05. The van der Waals surface area contributed by atoms with Gasteiger partial charge in [0.2, 0.25) is 0 Å². The van der Waals surface area contributed by atoms with Crippen molar-refractivity contribution in [1.82, 2.24) is 15.3 Å². The maximum Gasteiger partial charge on any atom is 0.251 e. The first kappa shape index (κ1) is 11.0. The zero-order chi connectivity index (χ0) is 11.7. The van der Waals surface area contributed by atoms with Crippen LogP contribution in [0.25, 0.3) is 0 Å². The molecule has 0 unspecified atom stereocenters. The number of hydrogen-bond acceptors (Lipinski definition) is 3. The van der Waals surface area contributed by atoms with E-state index in [9.17, 15) is 4.79 Å². The molecule has 0 atom stereocenters. The number of hydrogen-bond donors (Lipinski definition) is 2. The molecule has 1 saturated heterocycles. The Morgan fingerprint density at radius 2 is 1.88 bits per heavy atom. The van der Waals surface area contributed by atoms with E-state index >= 15 is 0 Å². The van der Waals surface area contributed by atoms with Crippen molar-refractivity contribution in [3.05, 3.63) is 27.9 Å². The van der Waals surface area contributed by atoms with Gasteiger partial charge in [0.25, 0.3) is 5.56 Å². The topological polar surface area (TPSA) is 57.8 Å². The van der Waals surface area contributed by atoms with Crippen LogP contribution in [0.15, 0.2) is 10.9 Å². The highest BCUT2D eigenvalue weighted by molar-refractivity contribution is 5.13. The van der Waals surface area contributed by atoms with Crippen LogP contribution in [0.3, 0.4) is 0 Å². The molecule has 2 aliphatic rings. The molecule has 1 aliphatic heterocycles. The fraction of sp³-hybridized carbons (Fsp3) is 0.692. The molecular weight excluding hydrogens is 214 g/mol. The summed E-state index contributed by atoms with van der Waals surface area (Å²) >= 11 is 0. The van der Waals surface area contributed by atoms with Crippen molar-refractivity contribution in [3.63, 3.8) is 0 Å². The molecule has 0 bridgehead atoms. The van der Waals surface area contributed by atoms with Crippen LogP contribution in [0.1, 0.15) is 55.5 Å². The van der Waals surface area contributed by atoms with Crippen molar-refractivity contribution in [3.8, 4) is 0 Å². The summed E-state index contributed by atoms with van der Waals surface area (Å²) in [7, 11) is 0. The van der Waals surface area contributed by atoms with Gasteiger partial charge in [-0.05, 0) is 38.8 Å². The third-order valence-corrected chi connectivity index (χ3v) is 4.03. The molecule has 4 heteroatoms. The van der Waals surface area contributed by atoms with Crippen LogP contribution >= 0.6 is 0 Å². The Bertz CT molecular complexity index is 444. The standard InChI is InChI=1S/C13H19N3O/c17-12-8-11(9-2-1-3-9)15-13(16-12)10-4-6-14-7-5-10/h8-10,14H,1-7H2,(H,15,16,17). The molecule has 1 aromatic rings. The van der Waals surface area contributed by atoms with E-state index in [4.69, 9.17) is 4.98 Å². The first-order valence-electron chi connectivity index (χ1n) is 6.65. The summed E-state index contributed by atoms with van der Waals surface area (Å²) in [5, 5.41) is 3.34. The van der Waals surface area contributed by atoms with Gasteiger partial charge in [0.15, 0.2) is 0 Å². The molecule has 4 nitrogen and oxygen atoms in total. The fourth-order valence-electron chi connectivity index (χ4n) is 2.70. The van der Waals surface area contributed by atoms with Gasteiger partial charge in [-0.1, -0.05) is 6.42 Å². The average molecular weight is 233 g/mol. The first-order chi connectivity index (χ1) is 8.33. The van der Waals surface area contributed by atoms with Crippen LogP contribution in [-0.4, -0.2) is 23.1 Å². The molecule has 0 radical (unpaired) electrons. The van der Waals surface area contributed by atoms with Crippen molar-refractivity contribution < 1.29 is 0 Å². The predicted molar refractivity (Wildman–Crippen MR) is 66.3 cm³/mol. The monoisotopic (exact) mass is 233 g/mol. The molecule has 0 spiro atoms. The molecule has 92 valence electrons. The normalized spacial score (nSPS) is 22.4. The van der Waals surface area contributed by atoms with E-state index < -0.39 is 0 Å². The van der Waals surface area contributed by atoms with Crippen molar-refractivity contribution in [1.29, 1.82) is 0 Å². The van der Waals surface area contributed by atoms with Crippen LogP contribution in [-0.2, 0) is 0 Å². The Labute approximate surface area is 101 Å². The summed E-state index contributed by atoms with van der Waals surface area (Å²) in [4.78, 5) is 19.3. The van der Waals surface area contributed by atoms with Gasteiger partial charge in [0, 0.05) is 17.9 Å².